The van der Waals surface area contributed by atoms with Gasteiger partial charge in [-0.15, -0.1) is 0 Å². The van der Waals surface area contributed by atoms with Gasteiger partial charge in [-0.05, 0) is 67.1 Å². The zero-order valence-electron chi connectivity index (χ0n) is 14.3. The Morgan fingerprint density at radius 2 is 1.37 bits per heavy atom. The molecule has 3 aromatic rings. The van der Waals surface area contributed by atoms with Gasteiger partial charge in [-0.25, -0.2) is 4.79 Å². The first-order valence-electron chi connectivity index (χ1n) is 8.08. The van der Waals surface area contributed by atoms with Crippen molar-refractivity contribution >= 4 is 40.8 Å². The lowest BCUT2D eigenvalue weighted by Crippen LogP contribution is -2.13. The molecule has 3 aromatic carbocycles. The maximum Gasteiger partial charge on any atom is 0.343 e. The van der Waals surface area contributed by atoms with Gasteiger partial charge >= 0.3 is 5.97 Å². The number of esters is 1. The number of amides is 1. The second-order valence-corrected chi connectivity index (χ2v) is 6.71. The van der Waals surface area contributed by atoms with Crippen molar-refractivity contribution in [1.29, 1.82) is 0 Å². The normalized spacial score (nSPS) is 10.3. The number of benzene rings is 3. The molecule has 0 fully saturated rings. The van der Waals surface area contributed by atoms with E-state index in [-0.39, 0.29) is 5.91 Å². The third-order valence-corrected chi connectivity index (χ3v) is 4.34. The SMILES string of the molecule is Cc1ccc(NC(=O)c2ccc(Cl)cc2)cc1OC(=O)c1ccc(Cl)cc1. The molecule has 0 radical (unpaired) electrons. The van der Waals surface area contributed by atoms with Crippen LogP contribution >= 0.6 is 23.2 Å². The summed E-state index contributed by atoms with van der Waals surface area (Å²) in [4.78, 5) is 24.6. The maximum atomic E-state index is 12.3. The second kappa shape index (κ2) is 8.25. The monoisotopic (exact) mass is 399 g/mol. The van der Waals surface area contributed by atoms with E-state index >= 15 is 0 Å². The minimum Gasteiger partial charge on any atom is -0.423 e. The Bertz CT molecular complexity index is 983. The molecule has 136 valence electrons. The number of halogens is 2. The molecular weight excluding hydrogens is 385 g/mol. The van der Waals surface area contributed by atoms with E-state index in [1.165, 1.54) is 0 Å². The number of carbonyl (C=O) groups excluding carboxylic acids is 2. The van der Waals surface area contributed by atoms with Crippen LogP contribution < -0.4 is 10.1 Å². The molecule has 0 spiro atoms. The van der Waals surface area contributed by atoms with Gasteiger partial charge in [0.25, 0.3) is 5.91 Å². The molecule has 0 aliphatic rings. The number of aryl methyl sites for hydroxylation is 1. The summed E-state index contributed by atoms with van der Waals surface area (Å²) in [5.41, 5.74) is 2.13. The summed E-state index contributed by atoms with van der Waals surface area (Å²) < 4.78 is 5.46. The van der Waals surface area contributed by atoms with Crippen molar-refractivity contribution in [3.63, 3.8) is 0 Å². The number of carbonyl (C=O) groups is 2. The van der Waals surface area contributed by atoms with E-state index in [9.17, 15) is 9.59 Å². The van der Waals surface area contributed by atoms with Gasteiger partial charge in [0.1, 0.15) is 5.75 Å². The first-order valence-corrected chi connectivity index (χ1v) is 8.83. The van der Waals surface area contributed by atoms with Gasteiger partial charge in [0, 0.05) is 27.4 Å². The van der Waals surface area contributed by atoms with Crippen LogP contribution in [0.25, 0.3) is 0 Å². The number of anilines is 1. The molecule has 0 saturated carbocycles. The zero-order chi connectivity index (χ0) is 19.4. The molecule has 6 heteroatoms. The Balaban J connectivity index is 1.75. The highest BCUT2D eigenvalue weighted by atomic mass is 35.5. The molecule has 0 aliphatic carbocycles. The highest BCUT2D eigenvalue weighted by Gasteiger charge is 2.12. The van der Waals surface area contributed by atoms with Crippen molar-refractivity contribution in [1.82, 2.24) is 0 Å². The third-order valence-electron chi connectivity index (χ3n) is 3.84. The van der Waals surface area contributed by atoms with Gasteiger partial charge in [0.15, 0.2) is 0 Å². The standard InChI is InChI=1S/C21H15Cl2NO3/c1-13-2-11-18(24-20(25)14-3-7-16(22)8-4-14)12-19(13)27-21(26)15-5-9-17(23)10-6-15/h2-12H,1H3,(H,24,25). The quantitative estimate of drug-likeness (QED) is 0.447. The molecular formula is C21H15Cl2NO3. The van der Waals surface area contributed by atoms with Crippen LogP contribution in [0.3, 0.4) is 0 Å². The molecule has 4 nitrogen and oxygen atoms in total. The Hall–Kier alpha value is -2.82. The molecule has 0 saturated heterocycles. The number of nitrogens with one attached hydrogen (secondary N) is 1. The van der Waals surface area contributed by atoms with Gasteiger partial charge in [-0.3, -0.25) is 4.79 Å². The molecule has 0 heterocycles. The average molecular weight is 400 g/mol. The van der Waals surface area contributed by atoms with Gasteiger partial charge in [0.2, 0.25) is 0 Å². The highest BCUT2D eigenvalue weighted by Crippen LogP contribution is 2.24. The van der Waals surface area contributed by atoms with Gasteiger partial charge < -0.3 is 10.1 Å². The van der Waals surface area contributed by atoms with Crippen LogP contribution in [0.5, 0.6) is 5.75 Å². The summed E-state index contributed by atoms with van der Waals surface area (Å²) >= 11 is 11.7. The number of hydrogen-bond acceptors (Lipinski definition) is 3. The molecule has 0 bridgehead atoms. The fourth-order valence-electron chi connectivity index (χ4n) is 2.34. The minimum atomic E-state index is -0.504. The van der Waals surface area contributed by atoms with E-state index in [1.54, 1.807) is 66.7 Å². The number of hydrogen-bond donors (Lipinski definition) is 1. The fraction of sp³-hybridized carbons (Fsp3) is 0.0476. The van der Waals surface area contributed by atoms with Crippen molar-refractivity contribution in [3.05, 3.63) is 93.5 Å². The van der Waals surface area contributed by atoms with Crippen LogP contribution in [-0.2, 0) is 0 Å². The Morgan fingerprint density at radius 3 is 1.96 bits per heavy atom. The van der Waals surface area contributed by atoms with Crippen molar-refractivity contribution in [2.45, 2.75) is 6.92 Å². The van der Waals surface area contributed by atoms with Crippen molar-refractivity contribution in [2.75, 3.05) is 5.32 Å². The summed E-state index contributed by atoms with van der Waals surface area (Å²) in [6.45, 7) is 1.81. The van der Waals surface area contributed by atoms with Crippen LogP contribution in [-0.4, -0.2) is 11.9 Å². The fourth-order valence-corrected chi connectivity index (χ4v) is 2.59. The predicted molar refractivity (Wildman–Crippen MR) is 107 cm³/mol. The molecule has 1 N–H and O–H groups in total. The van der Waals surface area contributed by atoms with Crippen molar-refractivity contribution in [2.24, 2.45) is 0 Å². The van der Waals surface area contributed by atoms with Crippen LogP contribution in [0.15, 0.2) is 66.7 Å². The molecule has 27 heavy (non-hydrogen) atoms. The van der Waals surface area contributed by atoms with E-state index in [4.69, 9.17) is 27.9 Å². The van der Waals surface area contributed by atoms with E-state index in [2.05, 4.69) is 5.32 Å². The van der Waals surface area contributed by atoms with E-state index in [1.807, 2.05) is 6.92 Å². The summed E-state index contributed by atoms with van der Waals surface area (Å²) in [5.74, 6) is -0.426. The van der Waals surface area contributed by atoms with Crippen LogP contribution in [0.2, 0.25) is 10.0 Å². The van der Waals surface area contributed by atoms with Gasteiger partial charge in [0.05, 0.1) is 5.56 Å². The minimum absolute atomic E-state index is 0.287. The first-order chi connectivity index (χ1) is 12.9. The zero-order valence-corrected chi connectivity index (χ0v) is 15.8. The predicted octanol–water partition coefficient (Wildman–Crippen LogP) is 5.77. The van der Waals surface area contributed by atoms with Crippen molar-refractivity contribution < 1.29 is 14.3 Å². The average Bonchev–Trinajstić information content (AvgIpc) is 2.65. The molecule has 3 rings (SSSR count). The molecule has 0 aliphatic heterocycles. The van der Waals surface area contributed by atoms with Crippen molar-refractivity contribution in [3.8, 4) is 5.75 Å². The topological polar surface area (TPSA) is 55.4 Å². The summed E-state index contributed by atoms with van der Waals surface area (Å²) in [6, 6.07) is 18.1. The molecule has 0 unspecified atom stereocenters. The smallest absolute Gasteiger partial charge is 0.343 e. The molecule has 1 amide bonds. The number of ether oxygens (including phenoxy) is 1. The molecule has 0 atom stereocenters. The van der Waals surface area contributed by atoms with E-state index in [0.717, 1.165) is 5.56 Å². The lowest BCUT2D eigenvalue weighted by atomic mass is 10.1. The second-order valence-electron chi connectivity index (χ2n) is 5.84. The third kappa shape index (κ3) is 4.88. The van der Waals surface area contributed by atoms with E-state index in [0.29, 0.717) is 32.6 Å². The maximum absolute atomic E-state index is 12.3. The molecule has 0 aromatic heterocycles. The summed E-state index contributed by atoms with van der Waals surface area (Å²) in [6.07, 6.45) is 0. The van der Waals surface area contributed by atoms with E-state index < -0.39 is 5.97 Å². The van der Waals surface area contributed by atoms with Gasteiger partial charge in [-0.2, -0.15) is 0 Å². The highest BCUT2D eigenvalue weighted by molar-refractivity contribution is 6.31. The van der Waals surface area contributed by atoms with Crippen LogP contribution in [0.1, 0.15) is 26.3 Å². The van der Waals surface area contributed by atoms with Crippen LogP contribution in [0, 0.1) is 6.92 Å². The van der Waals surface area contributed by atoms with Crippen LogP contribution in [0.4, 0.5) is 5.69 Å². The van der Waals surface area contributed by atoms with Gasteiger partial charge in [-0.1, -0.05) is 29.3 Å². The lowest BCUT2D eigenvalue weighted by molar-refractivity contribution is 0.0733. The summed E-state index contributed by atoms with van der Waals surface area (Å²) in [5, 5.41) is 3.87. The Morgan fingerprint density at radius 1 is 0.815 bits per heavy atom. The lowest BCUT2D eigenvalue weighted by Gasteiger charge is -2.11. The first kappa shape index (κ1) is 19.0. The Kier molecular flexibility index (Phi) is 5.79. The number of rotatable bonds is 4. The Labute approximate surface area is 166 Å². The summed E-state index contributed by atoms with van der Waals surface area (Å²) in [7, 11) is 0. The largest absolute Gasteiger partial charge is 0.423 e.